The molecular formula is C19H16N4O8. The van der Waals surface area contributed by atoms with E-state index in [4.69, 9.17) is 13.6 Å². The van der Waals surface area contributed by atoms with Gasteiger partial charge in [-0.3, -0.25) is 9.78 Å². The van der Waals surface area contributed by atoms with Crippen LogP contribution in [0.5, 0.6) is 0 Å². The summed E-state index contributed by atoms with van der Waals surface area (Å²) >= 11 is 0. The zero-order chi connectivity index (χ0) is 21.7. The Balaban J connectivity index is 1.82. The van der Waals surface area contributed by atoms with Crippen molar-refractivity contribution in [1.29, 1.82) is 0 Å². The van der Waals surface area contributed by atoms with E-state index in [1.54, 1.807) is 24.3 Å². The number of fused-ring (bicyclic) bond motifs is 1. The quantitative estimate of drug-likeness (QED) is 0.335. The first-order valence-corrected chi connectivity index (χ1v) is 9.26. The Labute approximate surface area is 172 Å². The van der Waals surface area contributed by atoms with Crippen molar-refractivity contribution in [3.8, 4) is 22.9 Å². The Bertz CT molecular complexity index is 1340. The second-order valence-corrected chi connectivity index (χ2v) is 6.91. The number of H-pyrrole nitrogens is 1. The fraction of sp³-hybridized carbons (Fsp3) is 0.263. The molecule has 0 aliphatic carbocycles. The van der Waals surface area contributed by atoms with Crippen LogP contribution >= 0.6 is 0 Å². The molecule has 1 aliphatic rings. The topological polar surface area (TPSA) is 177 Å². The molecule has 1 fully saturated rings. The second kappa shape index (κ2) is 7.28. The summed E-state index contributed by atoms with van der Waals surface area (Å²) in [4.78, 5) is 36.1. The molecule has 5 heterocycles. The van der Waals surface area contributed by atoms with Crippen molar-refractivity contribution < 1.29 is 28.9 Å². The zero-order valence-corrected chi connectivity index (χ0v) is 15.7. The van der Waals surface area contributed by atoms with E-state index >= 15 is 0 Å². The molecule has 12 heteroatoms. The number of aromatic nitrogens is 4. The zero-order valence-electron chi connectivity index (χ0n) is 15.7. The standard InChI is InChI=1S/C19H16N4O8/c24-7-10-14(25)15(26)18(31-10)23-16-13(17(27)22-19(23)28)20-11(8-3-1-5-29-8)12(21-16)9-4-2-6-30-9/h1-6,10,14-15,18,24-26H,7H2,(H,22,27,28)/t10-,14-,15-,18-/m1/s1. The summed E-state index contributed by atoms with van der Waals surface area (Å²) in [5, 5.41) is 29.9. The van der Waals surface area contributed by atoms with Crippen LogP contribution in [0.3, 0.4) is 0 Å². The van der Waals surface area contributed by atoms with E-state index in [1.165, 1.54) is 12.5 Å². The van der Waals surface area contributed by atoms with Gasteiger partial charge in [0, 0.05) is 0 Å². The third kappa shape index (κ3) is 3.00. The Hall–Kier alpha value is -3.58. The molecule has 0 amide bonds. The van der Waals surface area contributed by atoms with Gasteiger partial charge in [-0.1, -0.05) is 0 Å². The van der Waals surface area contributed by atoms with Crippen molar-refractivity contribution in [3.63, 3.8) is 0 Å². The average Bonchev–Trinajstić information content (AvgIpc) is 3.52. The number of hydrogen-bond acceptors (Lipinski definition) is 10. The molecule has 0 bridgehead atoms. The fourth-order valence-electron chi connectivity index (χ4n) is 3.56. The summed E-state index contributed by atoms with van der Waals surface area (Å²) in [5.74, 6) is 0.604. The van der Waals surface area contributed by atoms with Crippen molar-refractivity contribution in [2.24, 2.45) is 0 Å². The molecule has 160 valence electrons. The van der Waals surface area contributed by atoms with Crippen LogP contribution < -0.4 is 11.2 Å². The minimum atomic E-state index is -1.57. The maximum absolute atomic E-state index is 12.7. The lowest BCUT2D eigenvalue weighted by Gasteiger charge is -2.19. The molecule has 4 N–H and O–H groups in total. The molecule has 4 aromatic rings. The molecule has 0 unspecified atom stereocenters. The van der Waals surface area contributed by atoms with Gasteiger partial charge in [0.2, 0.25) is 0 Å². The van der Waals surface area contributed by atoms with Gasteiger partial charge >= 0.3 is 5.69 Å². The molecule has 0 saturated carbocycles. The van der Waals surface area contributed by atoms with E-state index in [1.807, 2.05) is 0 Å². The lowest BCUT2D eigenvalue weighted by atomic mass is 10.1. The number of aliphatic hydroxyl groups excluding tert-OH is 3. The van der Waals surface area contributed by atoms with Gasteiger partial charge in [-0.15, -0.1) is 0 Å². The molecular weight excluding hydrogens is 412 g/mol. The van der Waals surface area contributed by atoms with Gasteiger partial charge in [0.1, 0.15) is 29.7 Å². The minimum Gasteiger partial charge on any atom is -0.463 e. The normalized spacial score (nSPS) is 23.6. The Morgan fingerprint density at radius 3 is 2.19 bits per heavy atom. The number of furan rings is 2. The van der Waals surface area contributed by atoms with Crippen LogP contribution in [-0.2, 0) is 4.74 Å². The van der Waals surface area contributed by atoms with Gasteiger partial charge in [-0.25, -0.2) is 19.3 Å². The van der Waals surface area contributed by atoms with Crippen LogP contribution in [0.15, 0.2) is 55.2 Å². The maximum atomic E-state index is 12.7. The van der Waals surface area contributed by atoms with Crippen molar-refractivity contribution in [3.05, 3.63) is 57.6 Å². The average molecular weight is 428 g/mol. The molecule has 1 aliphatic heterocycles. The molecule has 4 atom stereocenters. The first-order valence-electron chi connectivity index (χ1n) is 9.26. The lowest BCUT2D eigenvalue weighted by Crippen LogP contribution is -2.39. The number of nitrogens with zero attached hydrogens (tertiary/aromatic N) is 3. The molecule has 1 saturated heterocycles. The molecule has 5 rings (SSSR count). The predicted octanol–water partition coefficient (Wildman–Crippen LogP) is -0.389. The Morgan fingerprint density at radius 2 is 1.65 bits per heavy atom. The van der Waals surface area contributed by atoms with Gasteiger partial charge in [0.05, 0.1) is 19.1 Å². The monoisotopic (exact) mass is 428 g/mol. The van der Waals surface area contributed by atoms with Gasteiger partial charge < -0.3 is 28.9 Å². The highest BCUT2D eigenvalue weighted by atomic mass is 16.6. The van der Waals surface area contributed by atoms with Gasteiger partial charge in [0.25, 0.3) is 5.56 Å². The number of nitrogens with one attached hydrogen (secondary N) is 1. The molecule has 4 aromatic heterocycles. The highest BCUT2D eigenvalue weighted by molar-refractivity contribution is 5.81. The number of hydrogen-bond donors (Lipinski definition) is 4. The SMILES string of the molecule is O=c1[nH]c(=O)n([C@@H]2O[C@H](CO)[C@@H](O)[C@H]2O)c2nc(-c3ccco3)c(-c3ccco3)nc12. The van der Waals surface area contributed by atoms with E-state index in [0.29, 0.717) is 11.5 Å². The van der Waals surface area contributed by atoms with Crippen LogP contribution in [0.25, 0.3) is 34.1 Å². The first kappa shape index (κ1) is 19.4. The number of aromatic amines is 1. The first-order chi connectivity index (χ1) is 15.0. The van der Waals surface area contributed by atoms with Crippen molar-refractivity contribution in [2.45, 2.75) is 24.5 Å². The van der Waals surface area contributed by atoms with Crippen LogP contribution in [0.4, 0.5) is 0 Å². The van der Waals surface area contributed by atoms with E-state index in [2.05, 4.69) is 15.0 Å². The number of aliphatic hydroxyl groups is 3. The number of ether oxygens (including phenoxy) is 1. The van der Waals surface area contributed by atoms with Crippen molar-refractivity contribution >= 4 is 11.2 Å². The maximum Gasteiger partial charge on any atom is 0.332 e. The highest BCUT2D eigenvalue weighted by Crippen LogP contribution is 2.33. The molecule has 0 radical (unpaired) electrons. The summed E-state index contributed by atoms with van der Waals surface area (Å²) in [7, 11) is 0. The third-order valence-corrected chi connectivity index (χ3v) is 5.04. The smallest absolute Gasteiger partial charge is 0.332 e. The van der Waals surface area contributed by atoms with Crippen LogP contribution in [-0.4, -0.2) is 59.8 Å². The molecule has 0 aromatic carbocycles. The number of rotatable bonds is 4. The van der Waals surface area contributed by atoms with E-state index in [0.717, 1.165) is 4.57 Å². The van der Waals surface area contributed by atoms with Gasteiger partial charge in [0.15, 0.2) is 28.9 Å². The third-order valence-electron chi connectivity index (χ3n) is 5.04. The van der Waals surface area contributed by atoms with Crippen LogP contribution in [0.2, 0.25) is 0 Å². The Morgan fingerprint density at radius 1 is 1.00 bits per heavy atom. The van der Waals surface area contributed by atoms with Gasteiger partial charge in [-0.05, 0) is 24.3 Å². The summed E-state index contributed by atoms with van der Waals surface area (Å²) < 4.78 is 17.2. The van der Waals surface area contributed by atoms with Gasteiger partial charge in [-0.2, -0.15) is 0 Å². The van der Waals surface area contributed by atoms with E-state index in [-0.39, 0.29) is 22.6 Å². The molecule has 31 heavy (non-hydrogen) atoms. The summed E-state index contributed by atoms with van der Waals surface area (Å²) in [6.07, 6.45) is -2.73. The summed E-state index contributed by atoms with van der Waals surface area (Å²) in [5.41, 5.74) is -1.79. The minimum absolute atomic E-state index is 0.179. The molecule has 0 spiro atoms. The van der Waals surface area contributed by atoms with Crippen molar-refractivity contribution in [2.75, 3.05) is 6.61 Å². The fourth-order valence-corrected chi connectivity index (χ4v) is 3.56. The largest absolute Gasteiger partial charge is 0.463 e. The lowest BCUT2D eigenvalue weighted by molar-refractivity contribution is -0.0530. The summed E-state index contributed by atoms with van der Waals surface area (Å²) in [6, 6.07) is 6.50. The molecule has 12 nitrogen and oxygen atoms in total. The highest BCUT2D eigenvalue weighted by Gasteiger charge is 2.44. The van der Waals surface area contributed by atoms with Crippen LogP contribution in [0.1, 0.15) is 6.23 Å². The summed E-state index contributed by atoms with van der Waals surface area (Å²) in [6.45, 7) is -0.587. The van der Waals surface area contributed by atoms with E-state index in [9.17, 15) is 24.9 Å². The van der Waals surface area contributed by atoms with Crippen LogP contribution in [0, 0.1) is 0 Å². The van der Waals surface area contributed by atoms with E-state index < -0.39 is 42.4 Å². The second-order valence-electron chi connectivity index (χ2n) is 6.91. The predicted molar refractivity (Wildman–Crippen MR) is 103 cm³/mol. The van der Waals surface area contributed by atoms with Crippen molar-refractivity contribution in [1.82, 2.24) is 19.5 Å². The Kier molecular flexibility index (Phi) is 4.55.